The normalized spacial score (nSPS) is 14.9. The van der Waals surface area contributed by atoms with Gasteiger partial charge in [0.05, 0.1) is 4.90 Å². The molecule has 3 rings (SSSR count). The van der Waals surface area contributed by atoms with Gasteiger partial charge in [0.2, 0.25) is 15.9 Å². The minimum atomic E-state index is -3.63. The third kappa shape index (κ3) is 4.95. The highest BCUT2D eigenvalue weighted by Crippen LogP contribution is 2.27. The Bertz CT molecular complexity index is 893. The van der Waals surface area contributed by atoms with Gasteiger partial charge in [0.25, 0.3) is 0 Å². The topological polar surface area (TPSA) is 69.7 Å². The summed E-state index contributed by atoms with van der Waals surface area (Å²) in [5.74, 6) is -0.0188. The highest BCUT2D eigenvalue weighted by molar-refractivity contribution is 7.89. The number of fused-ring (bicyclic) bond motifs is 1. The first-order chi connectivity index (χ1) is 12.9. The number of hydrogen-bond acceptors (Lipinski definition) is 5. The van der Waals surface area contributed by atoms with E-state index in [0.29, 0.717) is 32.5 Å². The average molecular weight is 408 g/mol. The van der Waals surface area contributed by atoms with Crippen molar-refractivity contribution in [2.24, 2.45) is 0 Å². The van der Waals surface area contributed by atoms with Crippen LogP contribution in [0.5, 0.6) is 0 Å². The van der Waals surface area contributed by atoms with Gasteiger partial charge >= 0.3 is 0 Å². The zero-order valence-corrected chi connectivity index (χ0v) is 17.3. The lowest BCUT2D eigenvalue weighted by molar-refractivity contribution is -0.116. The first-order valence-electron chi connectivity index (χ1n) is 8.96. The number of hydrogen-bond donors (Lipinski definition) is 1. The number of benzene rings is 1. The number of thiophene rings is 1. The maximum Gasteiger partial charge on any atom is 0.243 e. The van der Waals surface area contributed by atoms with E-state index in [9.17, 15) is 13.2 Å². The third-order valence-electron chi connectivity index (χ3n) is 4.55. The Morgan fingerprint density at radius 1 is 1.15 bits per heavy atom. The number of anilines is 1. The van der Waals surface area contributed by atoms with E-state index in [-0.39, 0.29) is 10.8 Å². The second kappa shape index (κ2) is 8.52. The molecule has 1 aliphatic rings. The summed E-state index contributed by atoms with van der Waals surface area (Å²) in [6.45, 7) is 1.42. The van der Waals surface area contributed by atoms with Gasteiger partial charge in [0, 0.05) is 36.6 Å². The monoisotopic (exact) mass is 407 g/mol. The molecule has 1 aliphatic heterocycles. The van der Waals surface area contributed by atoms with Crippen LogP contribution in [-0.4, -0.2) is 50.7 Å². The molecule has 8 heteroatoms. The molecule has 1 aromatic heterocycles. The van der Waals surface area contributed by atoms with Crippen LogP contribution >= 0.6 is 11.3 Å². The number of amides is 1. The van der Waals surface area contributed by atoms with Gasteiger partial charge in [0.1, 0.15) is 0 Å². The molecule has 1 amide bonds. The largest absolute Gasteiger partial charge is 0.326 e. The quantitative estimate of drug-likeness (QED) is 0.766. The van der Waals surface area contributed by atoms with Crippen LogP contribution in [-0.2, 0) is 27.8 Å². The van der Waals surface area contributed by atoms with Gasteiger partial charge in [-0.3, -0.25) is 4.79 Å². The molecule has 0 fully saturated rings. The number of carbonyl (C=O) groups excluding carboxylic acids is 1. The van der Waals surface area contributed by atoms with Crippen LogP contribution in [0, 0.1) is 0 Å². The molecule has 0 aliphatic carbocycles. The first kappa shape index (κ1) is 20.0. The zero-order chi connectivity index (χ0) is 19.4. The number of aryl methyl sites for hydroxylation is 1. The van der Waals surface area contributed by atoms with Crippen LogP contribution in [0.2, 0.25) is 0 Å². The molecule has 0 bridgehead atoms. The molecule has 0 atom stereocenters. The second-order valence-corrected chi connectivity index (χ2v) is 9.91. The van der Waals surface area contributed by atoms with Crippen LogP contribution in [0.4, 0.5) is 5.69 Å². The Kier molecular flexibility index (Phi) is 6.31. The van der Waals surface area contributed by atoms with Gasteiger partial charge in [-0.1, -0.05) is 6.07 Å². The number of sulfonamides is 1. The van der Waals surface area contributed by atoms with Gasteiger partial charge in [-0.25, -0.2) is 8.42 Å². The summed E-state index contributed by atoms with van der Waals surface area (Å²) in [5.41, 5.74) is 1.60. The molecule has 0 radical (unpaired) electrons. The molecule has 1 N–H and O–H groups in total. The fourth-order valence-corrected chi connectivity index (χ4v) is 5.29. The Morgan fingerprint density at radius 3 is 2.67 bits per heavy atom. The van der Waals surface area contributed by atoms with Gasteiger partial charge in [-0.05, 0) is 62.1 Å². The molecule has 0 unspecified atom stereocenters. The Balaban J connectivity index is 1.90. The average Bonchev–Trinajstić information content (AvgIpc) is 3.05. The molecular formula is C19H25N3O3S2. The maximum atomic E-state index is 13.3. The number of rotatable bonds is 7. The van der Waals surface area contributed by atoms with Crippen LogP contribution in [0.25, 0.3) is 0 Å². The number of nitrogens with one attached hydrogen (secondary N) is 1. The van der Waals surface area contributed by atoms with Gasteiger partial charge in [-0.2, -0.15) is 4.31 Å². The lowest BCUT2D eigenvalue weighted by Gasteiger charge is -2.24. The van der Waals surface area contributed by atoms with Crippen molar-refractivity contribution in [2.45, 2.75) is 30.7 Å². The summed E-state index contributed by atoms with van der Waals surface area (Å²) in [4.78, 5) is 15.0. The fourth-order valence-electron chi connectivity index (χ4n) is 3.03. The van der Waals surface area contributed by atoms with Gasteiger partial charge in [-0.15, -0.1) is 11.3 Å². The van der Waals surface area contributed by atoms with Crippen molar-refractivity contribution in [1.82, 2.24) is 9.21 Å². The summed E-state index contributed by atoms with van der Waals surface area (Å²) in [6.07, 6.45) is 1.88. The standard InChI is InChI=1S/C19H25N3O3S2/c1-21(2)10-11-22(14-16-6-4-12-26-16)27(24,25)17-8-9-18-15(13-17)5-3-7-19(23)20-18/h4,6,8-9,12-13H,3,5,7,10-11,14H2,1-2H3,(H,20,23). The molecule has 2 heterocycles. The number of nitrogens with zero attached hydrogens (tertiary/aromatic N) is 2. The third-order valence-corrected chi connectivity index (χ3v) is 7.25. The molecule has 2 aromatic rings. The highest BCUT2D eigenvalue weighted by atomic mass is 32.2. The fraction of sp³-hybridized carbons (Fsp3) is 0.421. The van der Waals surface area contributed by atoms with Crippen molar-refractivity contribution in [3.05, 3.63) is 46.2 Å². The molecule has 146 valence electrons. The summed E-state index contributed by atoms with van der Waals surface area (Å²) < 4.78 is 28.2. The summed E-state index contributed by atoms with van der Waals surface area (Å²) in [7, 11) is 0.232. The summed E-state index contributed by atoms with van der Waals surface area (Å²) in [6, 6.07) is 8.90. The van der Waals surface area contributed by atoms with Crippen molar-refractivity contribution < 1.29 is 13.2 Å². The van der Waals surface area contributed by atoms with E-state index in [1.54, 1.807) is 29.5 Å². The number of likely N-dealkylation sites (N-methyl/N-ethyl adjacent to an activating group) is 1. The van der Waals surface area contributed by atoms with E-state index in [1.165, 1.54) is 4.31 Å². The predicted molar refractivity (Wildman–Crippen MR) is 108 cm³/mol. The highest BCUT2D eigenvalue weighted by Gasteiger charge is 2.26. The van der Waals surface area contributed by atoms with E-state index in [2.05, 4.69) is 5.32 Å². The summed E-state index contributed by atoms with van der Waals surface area (Å²) in [5, 5.41) is 4.81. The lowest BCUT2D eigenvalue weighted by Crippen LogP contribution is -2.36. The smallest absolute Gasteiger partial charge is 0.243 e. The van der Waals surface area contributed by atoms with Gasteiger partial charge < -0.3 is 10.2 Å². The van der Waals surface area contributed by atoms with E-state index in [4.69, 9.17) is 0 Å². The van der Waals surface area contributed by atoms with E-state index in [0.717, 1.165) is 22.5 Å². The molecule has 1 aromatic carbocycles. The van der Waals surface area contributed by atoms with E-state index in [1.807, 2.05) is 36.5 Å². The van der Waals surface area contributed by atoms with Gasteiger partial charge in [0.15, 0.2) is 0 Å². The Labute approximate surface area is 164 Å². The lowest BCUT2D eigenvalue weighted by atomic mass is 10.1. The Hall–Kier alpha value is -1.74. The molecule has 0 saturated carbocycles. The van der Waals surface area contributed by atoms with Crippen molar-refractivity contribution in [2.75, 3.05) is 32.5 Å². The minimum Gasteiger partial charge on any atom is -0.326 e. The second-order valence-electron chi connectivity index (χ2n) is 6.94. The molecule has 0 saturated heterocycles. The van der Waals surface area contributed by atoms with Crippen LogP contribution < -0.4 is 5.32 Å². The van der Waals surface area contributed by atoms with Crippen molar-refractivity contribution in [3.63, 3.8) is 0 Å². The van der Waals surface area contributed by atoms with Crippen molar-refractivity contribution >= 4 is 33.0 Å². The van der Waals surface area contributed by atoms with Crippen LogP contribution in [0.3, 0.4) is 0 Å². The first-order valence-corrected chi connectivity index (χ1v) is 11.3. The van der Waals surface area contributed by atoms with Crippen LogP contribution in [0.15, 0.2) is 40.6 Å². The SMILES string of the molecule is CN(C)CCN(Cc1cccs1)S(=O)(=O)c1ccc2c(c1)CCCC(=O)N2. The predicted octanol–water partition coefficient (Wildman–Crippen LogP) is 2.78. The van der Waals surface area contributed by atoms with Crippen molar-refractivity contribution in [3.8, 4) is 0 Å². The number of carbonyl (C=O) groups is 1. The Morgan fingerprint density at radius 2 is 1.96 bits per heavy atom. The van der Waals surface area contributed by atoms with Crippen molar-refractivity contribution in [1.29, 1.82) is 0 Å². The summed E-state index contributed by atoms with van der Waals surface area (Å²) >= 11 is 1.56. The molecular weight excluding hydrogens is 382 g/mol. The van der Waals surface area contributed by atoms with E-state index >= 15 is 0 Å². The zero-order valence-electron chi connectivity index (χ0n) is 15.6. The molecule has 6 nitrogen and oxygen atoms in total. The minimum absolute atomic E-state index is 0.0188. The van der Waals surface area contributed by atoms with Crippen LogP contribution in [0.1, 0.15) is 23.3 Å². The molecule has 0 spiro atoms. The molecule has 27 heavy (non-hydrogen) atoms. The maximum absolute atomic E-state index is 13.3. The van der Waals surface area contributed by atoms with E-state index < -0.39 is 10.0 Å².